The van der Waals surface area contributed by atoms with Gasteiger partial charge in [0.2, 0.25) is 0 Å². The molecule has 135 valence electrons. The van der Waals surface area contributed by atoms with Gasteiger partial charge in [-0.2, -0.15) is 5.69 Å². The molecule has 0 aliphatic carbocycles. The van der Waals surface area contributed by atoms with Crippen LogP contribution in [0.1, 0.15) is 20.8 Å². The fraction of sp³-hybridized carbons (Fsp3) is 0.500. The Morgan fingerprint density at radius 2 is 2.00 bits per heavy atom. The number of rotatable bonds is 3. The van der Waals surface area contributed by atoms with Crippen molar-refractivity contribution < 1.29 is 68.7 Å². The monoisotopic (exact) mass is 719 g/mol. The Hall–Kier alpha value is 0.126. The van der Waals surface area contributed by atoms with Crippen molar-refractivity contribution in [3.05, 3.63) is 27.8 Å². The molecular formula is C16H19IN2O4UV-2. The zero-order chi connectivity index (χ0) is 17.2. The SMILES string of the molecule is CN(C[C@H]1CN(c2c[c-]c(I)[c-]c2)C(=O)O1)C(=O)OC(C)(C)C.[U].[V]. The number of ether oxygens (including phenoxy) is 2. The number of carbonyl (C=O) groups excluding carboxylic acids is 2. The Kier molecular flexibility index (Phi) is 10.5. The van der Waals surface area contributed by atoms with Gasteiger partial charge in [-0.25, -0.2) is 13.2 Å². The third-order valence-corrected chi connectivity index (χ3v) is 3.68. The number of nitrogens with zero attached hydrogens (tertiary/aromatic N) is 2. The molecule has 1 aromatic carbocycles. The molecule has 0 unspecified atom stereocenters. The Morgan fingerprint density at radius 1 is 1.44 bits per heavy atom. The van der Waals surface area contributed by atoms with Gasteiger partial charge >= 0.3 is 12.2 Å². The summed E-state index contributed by atoms with van der Waals surface area (Å²) in [5.41, 5.74) is 0.120. The normalized spacial score (nSPS) is 16.4. The van der Waals surface area contributed by atoms with E-state index in [0.29, 0.717) is 12.2 Å². The van der Waals surface area contributed by atoms with Crippen molar-refractivity contribution in [1.29, 1.82) is 0 Å². The number of hydrogen-bond donors (Lipinski definition) is 0. The summed E-state index contributed by atoms with van der Waals surface area (Å²) in [6.07, 6.45) is -1.28. The van der Waals surface area contributed by atoms with Gasteiger partial charge in [0.05, 0.1) is 6.54 Å². The second-order valence-electron chi connectivity index (χ2n) is 6.29. The predicted octanol–water partition coefficient (Wildman–Crippen LogP) is 3.08. The first-order chi connectivity index (χ1) is 10.7. The van der Waals surface area contributed by atoms with Crippen molar-refractivity contribution in [2.75, 3.05) is 25.0 Å². The summed E-state index contributed by atoms with van der Waals surface area (Å²) in [4.78, 5) is 26.9. The molecule has 0 saturated carbocycles. The summed E-state index contributed by atoms with van der Waals surface area (Å²) in [6, 6.07) is 9.43. The quantitative estimate of drug-likeness (QED) is 0.357. The van der Waals surface area contributed by atoms with E-state index in [9.17, 15) is 9.59 Å². The summed E-state index contributed by atoms with van der Waals surface area (Å²) in [6.45, 7) is 6.06. The summed E-state index contributed by atoms with van der Waals surface area (Å²) >= 11 is 2.10. The van der Waals surface area contributed by atoms with Crippen molar-refractivity contribution in [2.24, 2.45) is 0 Å². The molecule has 6 nitrogen and oxygen atoms in total. The van der Waals surface area contributed by atoms with Gasteiger partial charge in [0.15, 0.2) is 0 Å². The van der Waals surface area contributed by atoms with E-state index in [0.717, 1.165) is 3.57 Å². The number of hydrogen-bond acceptors (Lipinski definition) is 4. The summed E-state index contributed by atoms with van der Waals surface area (Å²) in [7, 11) is 1.62. The number of carbonyl (C=O) groups is 2. The summed E-state index contributed by atoms with van der Waals surface area (Å²) in [5, 5.41) is 0. The van der Waals surface area contributed by atoms with Crippen molar-refractivity contribution in [3.63, 3.8) is 0 Å². The zero-order valence-corrected chi connectivity index (χ0v) is 22.2. The van der Waals surface area contributed by atoms with E-state index in [4.69, 9.17) is 9.47 Å². The van der Waals surface area contributed by atoms with Crippen LogP contribution in [0.25, 0.3) is 0 Å². The molecule has 2 rings (SSSR count). The summed E-state index contributed by atoms with van der Waals surface area (Å²) in [5.74, 6) is 0. The first kappa shape index (κ1) is 25.1. The van der Waals surface area contributed by atoms with Crippen LogP contribution >= 0.6 is 22.6 Å². The van der Waals surface area contributed by atoms with Crippen molar-refractivity contribution in [3.8, 4) is 0 Å². The van der Waals surface area contributed by atoms with Gasteiger partial charge < -0.3 is 31.4 Å². The molecule has 1 atom stereocenters. The molecule has 1 radical (unpaired) electrons. The van der Waals surface area contributed by atoms with Gasteiger partial charge in [-0.1, -0.05) is 0 Å². The van der Waals surface area contributed by atoms with E-state index < -0.39 is 23.9 Å². The molecule has 9 heteroatoms. The largest absolute Gasteiger partial charge is 0.444 e. The van der Waals surface area contributed by atoms with Gasteiger partial charge in [-0.15, -0.1) is 22.6 Å². The maximum Gasteiger partial charge on any atom is 0.410 e. The first-order valence-electron chi connectivity index (χ1n) is 7.17. The second-order valence-corrected chi connectivity index (χ2v) is 7.37. The molecule has 0 spiro atoms. The van der Waals surface area contributed by atoms with Crippen LogP contribution in [0.5, 0.6) is 0 Å². The molecule has 1 saturated heterocycles. The Labute approximate surface area is 197 Å². The van der Waals surface area contributed by atoms with Crippen LogP contribution in [0, 0.1) is 46.8 Å². The van der Waals surface area contributed by atoms with E-state index in [-0.39, 0.29) is 56.2 Å². The fourth-order valence-electron chi connectivity index (χ4n) is 2.06. The molecule has 1 fully saturated rings. The number of likely N-dealkylation sites (N-methyl/N-ethyl adjacent to an activating group) is 1. The Bertz CT molecular complexity index is 595. The van der Waals surface area contributed by atoms with Crippen LogP contribution in [0.2, 0.25) is 0 Å². The topological polar surface area (TPSA) is 59.1 Å². The predicted molar refractivity (Wildman–Crippen MR) is 93.3 cm³/mol. The fourth-order valence-corrected chi connectivity index (χ4v) is 2.37. The van der Waals surface area contributed by atoms with Crippen LogP contribution in [-0.2, 0) is 28.0 Å². The van der Waals surface area contributed by atoms with Crippen LogP contribution in [0.3, 0.4) is 0 Å². The minimum Gasteiger partial charge on any atom is -0.444 e. The molecule has 0 N–H and O–H groups in total. The van der Waals surface area contributed by atoms with Crippen LogP contribution in [0.4, 0.5) is 15.3 Å². The van der Waals surface area contributed by atoms with Gasteiger partial charge in [-0.3, -0.25) is 12.1 Å². The molecule has 1 aromatic rings. The van der Waals surface area contributed by atoms with Crippen LogP contribution in [0.15, 0.2) is 12.1 Å². The van der Waals surface area contributed by atoms with Gasteiger partial charge in [-0.05, 0) is 20.8 Å². The van der Waals surface area contributed by atoms with Gasteiger partial charge in [0, 0.05) is 63.3 Å². The number of cyclic esters (lactones) is 1. The zero-order valence-electron chi connectivity index (χ0n) is 14.5. The molecule has 1 heterocycles. The minimum atomic E-state index is -0.559. The number of anilines is 1. The molecule has 2 amide bonds. The van der Waals surface area contributed by atoms with Crippen molar-refractivity contribution >= 4 is 40.5 Å². The maximum absolute atomic E-state index is 12.0. The Balaban J connectivity index is 0.00000288. The molecule has 0 bridgehead atoms. The Morgan fingerprint density at radius 3 is 2.52 bits per heavy atom. The van der Waals surface area contributed by atoms with Gasteiger partial charge in [0.1, 0.15) is 11.7 Å². The van der Waals surface area contributed by atoms with Crippen molar-refractivity contribution in [1.82, 2.24) is 4.90 Å². The first-order valence-corrected chi connectivity index (χ1v) is 8.25. The summed E-state index contributed by atoms with van der Waals surface area (Å²) < 4.78 is 11.4. The average Bonchev–Trinajstić information content (AvgIpc) is 2.78. The average molecular weight is 719 g/mol. The molecular weight excluding hydrogens is 700 g/mol. The third-order valence-electron chi connectivity index (χ3n) is 3.06. The molecule has 25 heavy (non-hydrogen) atoms. The van der Waals surface area contributed by atoms with Crippen LogP contribution in [-0.4, -0.2) is 48.9 Å². The van der Waals surface area contributed by atoms with E-state index in [1.165, 1.54) is 9.80 Å². The van der Waals surface area contributed by atoms with E-state index in [2.05, 4.69) is 34.7 Å². The number of amides is 2. The smallest absolute Gasteiger partial charge is 0.410 e. The maximum atomic E-state index is 12.0. The van der Waals surface area contributed by atoms with Crippen LogP contribution < -0.4 is 4.90 Å². The van der Waals surface area contributed by atoms with E-state index in [1.807, 2.05) is 0 Å². The number of benzene rings is 1. The third kappa shape index (κ3) is 7.72. The van der Waals surface area contributed by atoms with E-state index >= 15 is 0 Å². The minimum absolute atomic E-state index is 0. The molecule has 1 aliphatic heterocycles. The van der Waals surface area contributed by atoms with Crippen molar-refractivity contribution in [2.45, 2.75) is 32.5 Å². The molecule has 0 aromatic heterocycles. The van der Waals surface area contributed by atoms with Gasteiger partial charge in [0.25, 0.3) is 0 Å². The van der Waals surface area contributed by atoms with E-state index in [1.54, 1.807) is 40.0 Å². The number of halogens is 1. The standard InChI is InChI=1S/C16H19IN2O4.U.V/c1-16(2,3)23-14(20)18(4)9-13-10-19(15(21)22-13)12-7-5-11(17)6-8-12;;/h7-8,13H,9-10H2,1-4H3;;/q-2;;/t13-;;/m0../s1. The molecule has 1 aliphatic rings. The second kappa shape index (κ2) is 10.5.